The fourth-order valence-corrected chi connectivity index (χ4v) is 1.89. The molecule has 1 aromatic rings. The van der Waals surface area contributed by atoms with Gasteiger partial charge in [0.2, 0.25) is 5.76 Å². The average molecular weight is 274 g/mol. The maximum absolute atomic E-state index is 11.7. The molecule has 0 aromatic carbocycles. The van der Waals surface area contributed by atoms with Crippen LogP contribution in [0.15, 0.2) is 4.52 Å². The number of halogens is 1. The summed E-state index contributed by atoms with van der Waals surface area (Å²) in [5.74, 6) is -0.245. The highest BCUT2D eigenvalue weighted by Crippen LogP contribution is 2.19. The predicted molar refractivity (Wildman–Crippen MR) is 65.8 cm³/mol. The molecular weight excluding hydrogens is 258 g/mol. The second-order valence-electron chi connectivity index (χ2n) is 4.12. The highest BCUT2D eigenvalue weighted by Gasteiger charge is 2.18. The maximum atomic E-state index is 11.7. The predicted octanol–water partition coefficient (Wildman–Crippen LogP) is 0.698. The minimum atomic E-state index is -0.325. The summed E-state index contributed by atoms with van der Waals surface area (Å²) in [6, 6.07) is 0. The van der Waals surface area contributed by atoms with Gasteiger partial charge in [0.25, 0.3) is 5.91 Å². The van der Waals surface area contributed by atoms with Crippen LogP contribution in [0.2, 0.25) is 5.02 Å². The Morgan fingerprint density at radius 3 is 2.83 bits per heavy atom. The summed E-state index contributed by atoms with van der Waals surface area (Å²) in [5.41, 5.74) is 0.523. The molecule has 1 fully saturated rings. The molecule has 7 heteroatoms. The number of carbonyl (C=O) groups is 1. The molecule has 0 aliphatic carbocycles. The van der Waals surface area contributed by atoms with Crippen LogP contribution in [-0.2, 0) is 4.74 Å². The van der Waals surface area contributed by atoms with Crippen molar-refractivity contribution in [1.29, 1.82) is 0 Å². The maximum Gasteiger partial charge on any atom is 0.291 e. The van der Waals surface area contributed by atoms with Crippen LogP contribution in [0.5, 0.6) is 0 Å². The molecule has 1 amide bonds. The molecule has 0 saturated carbocycles. The molecule has 0 bridgehead atoms. The molecule has 1 aliphatic heterocycles. The normalized spacial score (nSPS) is 16.8. The number of nitrogens with zero attached hydrogens (tertiary/aromatic N) is 2. The van der Waals surface area contributed by atoms with Gasteiger partial charge in [-0.3, -0.25) is 9.69 Å². The van der Waals surface area contributed by atoms with Gasteiger partial charge in [-0.15, -0.1) is 0 Å². The van der Waals surface area contributed by atoms with Crippen molar-refractivity contribution in [1.82, 2.24) is 15.4 Å². The lowest BCUT2D eigenvalue weighted by Gasteiger charge is -2.26. The Hall–Kier alpha value is -1.11. The Balaban J connectivity index is 1.76. The van der Waals surface area contributed by atoms with E-state index in [0.717, 1.165) is 32.8 Å². The summed E-state index contributed by atoms with van der Waals surface area (Å²) in [5, 5.41) is 6.68. The molecule has 1 aliphatic rings. The van der Waals surface area contributed by atoms with Gasteiger partial charge < -0.3 is 14.6 Å². The molecule has 1 saturated heterocycles. The van der Waals surface area contributed by atoms with Crippen molar-refractivity contribution < 1.29 is 14.1 Å². The Morgan fingerprint density at radius 1 is 1.50 bits per heavy atom. The summed E-state index contributed by atoms with van der Waals surface area (Å²) >= 11 is 5.89. The average Bonchev–Trinajstić information content (AvgIpc) is 2.71. The minimum Gasteiger partial charge on any atom is -0.379 e. The molecule has 0 unspecified atom stereocenters. The zero-order valence-electron chi connectivity index (χ0n) is 10.2. The van der Waals surface area contributed by atoms with E-state index in [1.54, 1.807) is 6.92 Å². The van der Waals surface area contributed by atoms with E-state index in [-0.39, 0.29) is 16.7 Å². The lowest BCUT2D eigenvalue weighted by molar-refractivity contribution is 0.0382. The number of morpholine rings is 1. The summed E-state index contributed by atoms with van der Waals surface area (Å²) in [7, 11) is 0. The number of amides is 1. The quantitative estimate of drug-likeness (QED) is 0.875. The van der Waals surface area contributed by atoms with Gasteiger partial charge in [-0.05, 0) is 6.92 Å². The van der Waals surface area contributed by atoms with Crippen LogP contribution in [0, 0.1) is 6.92 Å². The van der Waals surface area contributed by atoms with E-state index in [4.69, 9.17) is 20.9 Å². The van der Waals surface area contributed by atoms with Crippen molar-refractivity contribution in [2.75, 3.05) is 39.4 Å². The van der Waals surface area contributed by atoms with Crippen molar-refractivity contribution in [2.45, 2.75) is 6.92 Å². The highest BCUT2D eigenvalue weighted by molar-refractivity contribution is 6.33. The first-order valence-electron chi connectivity index (χ1n) is 5.88. The second kappa shape index (κ2) is 6.17. The van der Waals surface area contributed by atoms with E-state index in [9.17, 15) is 4.79 Å². The molecule has 2 heterocycles. The Labute approximate surface area is 110 Å². The fourth-order valence-electron chi connectivity index (χ4n) is 1.73. The number of hydrogen-bond donors (Lipinski definition) is 1. The molecule has 100 valence electrons. The number of aromatic nitrogens is 1. The fraction of sp³-hybridized carbons (Fsp3) is 0.636. The molecule has 0 atom stereocenters. The van der Waals surface area contributed by atoms with Crippen LogP contribution in [0.3, 0.4) is 0 Å². The Kier molecular flexibility index (Phi) is 4.57. The van der Waals surface area contributed by atoms with Gasteiger partial charge in [0.05, 0.1) is 18.9 Å². The van der Waals surface area contributed by atoms with Crippen molar-refractivity contribution in [2.24, 2.45) is 0 Å². The lowest BCUT2D eigenvalue weighted by Crippen LogP contribution is -2.41. The van der Waals surface area contributed by atoms with Crippen LogP contribution in [0.4, 0.5) is 0 Å². The molecule has 0 radical (unpaired) electrons. The number of carbonyl (C=O) groups excluding carboxylic acids is 1. The van der Waals surface area contributed by atoms with Gasteiger partial charge in [0.1, 0.15) is 5.02 Å². The first kappa shape index (κ1) is 13.3. The summed E-state index contributed by atoms with van der Waals surface area (Å²) in [4.78, 5) is 14.0. The number of rotatable bonds is 4. The van der Waals surface area contributed by atoms with Gasteiger partial charge in [-0.1, -0.05) is 16.8 Å². The van der Waals surface area contributed by atoms with E-state index in [0.29, 0.717) is 12.2 Å². The summed E-state index contributed by atoms with van der Waals surface area (Å²) in [6.45, 7) is 6.34. The summed E-state index contributed by atoms with van der Waals surface area (Å²) < 4.78 is 10.1. The first-order valence-corrected chi connectivity index (χ1v) is 6.26. The van der Waals surface area contributed by atoms with Crippen LogP contribution in [0.25, 0.3) is 0 Å². The molecule has 0 spiro atoms. The number of hydrogen-bond acceptors (Lipinski definition) is 5. The SMILES string of the molecule is Cc1noc(C(=O)NCCN2CCOCC2)c1Cl. The molecular formula is C11H16ClN3O3. The van der Waals surface area contributed by atoms with Gasteiger partial charge in [-0.2, -0.15) is 0 Å². The van der Waals surface area contributed by atoms with E-state index < -0.39 is 0 Å². The number of aryl methyl sites for hydroxylation is 1. The van der Waals surface area contributed by atoms with Crippen LogP contribution in [0.1, 0.15) is 16.2 Å². The number of ether oxygens (including phenoxy) is 1. The van der Waals surface area contributed by atoms with Gasteiger partial charge in [0.15, 0.2) is 0 Å². The summed E-state index contributed by atoms with van der Waals surface area (Å²) in [6.07, 6.45) is 0. The number of nitrogens with one attached hydrogen (secondary N) is 1. The van der Waals surface area contributed by atoms with Gasteiger partial charge in [0, 0.05) is 26.2 Å². The molecule has 1 aromatic heterocycles. The monoisotopic (exact) mass is 273 g/mol. The second-order valence-corrected chi connectivity index (χ2v) is 4.50. The van der Waals surface area contributed by atoms with Crippen molar-refractivity contribution in [3.63, 3.8) is 0 Å². The molecule has 18 heavy (non-hydrogen) atoms. The molecule has 2 rings (SSSR count). The van der Waals surface area contributed by atoms with Crippen molar-refractivity contribution in [3.05, 3.63) is 16.5 Å². The van der Waals surface area contributed by atoms with E-state index in [1.165, 1.54) is 0 Å². The zero-order chi connectivity index (χ0) is 13.0. The molecule has 6 nitrogen and oxygen atoms in total. The van der Waals surface area contributed by atoms with E-state index in [2.05, 4.69) is 15.4 Å². The largest absolute Gasteiger partial charge is 0.379 e. The zero-order valence-corrected chi connectivity index (χ0v) is 11.0. The smallest absolute Gasteiger partial charge is 0.291 e. The van der Waals surface area contributed by atoms with Crippen LogP contribution >= 0.6 is 11.6 Å². The van der Waals surface area contributed by atoms with Gasteiger partial charge in [-0.25, -0.2) is 0 Å². The Morgan fingerprint density at radius 2 is 2.22 bits per heavy atom. The van der Waals surface area contributed by atoms with Crippen molar-refractivity contribution >= 4 is 17.5 Å². The minimum absolute atomic E-state index is 0.0798. The third kappa shape index (κ3) is 3.22. The topological polar surface area (TPSA) is 67.6 Å². The lowest BCUT2D eigenvalue weighted by atomic mass is 10.3. The third-order valence-electron chi connectivity index (χ3n) is 2.81. The van der Waals surface area contributed by atoms with E-state index >= 15 is 0 Å². The van der Waals surface area contributed by atoms with E-state index in [1.807, 2.05) is 0 Å². The third-order valence-corrected chi connectivity index (χ3v) is 3.26. The Bertz CT molecular complexity index is 416. The first-order chi connectivity index (χ1) is 8.68. The molecule has 1 N–H and O–H groups in total. The van der Waals surface area contributed by atoms with Crippen molar-refractivity contribution in [3.8, 4) is 0 Å². The van der Waals surface area contributed by atoms with Crippen LogP contribution < -0.4 is 5.32 Å². The van der Waals surface area contributed by atoms with Gasteiger partial charge >= 0.3 is 0 Å². The standard InChI is InChI=1S/C11H16ClN3O3/c1-8-9(12)10(18-14-8)11(16)13-2-3-15-4-6-17-7-5-15/h2-7H2,1H3,(H,13,16). The van der Waals surface area contributed by atoms with Crippen LogP contribution in [-0.4, -0.2) is 55.4 Å². The highest BCUT2D eigenvalue weighted by atomic mass is 35.5.